The fourth-order valence-electron chi connectivity index (χ4n) is 3.67. The fourth-order valence-corrected chi connectivity index (χ4v) is 5.23. The van der Waals surface area contributed by atoms with Gasteiger partial charge in [-0.3, -0.25) is 4.79 Å². The zero-order valence-electron chi connectivity index (χ0n) is 16.9. The Bertz CT molecular complexity index is 1040. The smallest absolute Gasteiger partial charge is 0.193 e. The first-order valence-corrected chi connectivity index (χ1v) is 11.3. The van der Waals surface area contributed by atoms with E-state index in [1.54, 1.807) is 36.9 Å². The third-order valence-electron chi connectivity index (χ3n) is 4.99. The van der Waals surface area contributed by atoms with Crippen molar-refractivity contribution in [3.8, 4) is 20.9 Å². The van der Waals surface area contributed by atoms with E-state index in [1.165, 1.54) is 0 Å². The number of methoxy groups -OCH3 is 2. The predicted molar refractivity (Wildman–Crippen MR) is 124 cm³/mol. The van der Waals surface area contributed by atoms with E-state index in [-0.39, 0.29) is 5.78 Å². The highest BCUT2D eigenvalue weighted by atomic mass is 32.1. The first kappa shape index (κ1) is 20.7. The van der Waals surface area contributed by atoms with E-state index >= 15 is 0 Å². The third kappa shape index (κ3) is 4.02. The molecule has 30 heavy (non-hydrogen) atoms. The van der Waals surface area contributed by atoms with Gasteiger partial charge in [0.25, 0.3) is 0 Å². The number of carbonyl (C=O) groups is 1. The van der Waals surface area contributed by atoms with Gasteiger partial charge in [0.05, 0.1) is 13.2 Å². The molecule has 2 heterocycles. The number of thiophene rings is 2. The Kier molecular flexibility index (Phi) is 6.55. The zero-order valence-corrected chi connectivity index (χ0v) is 18.5. The van der Waals surface area contributed by atoms with Crippen molar-refractivity contribution in [3.63, 3.8) is 0 Å². The van der Waals surface area contributed by atoms with Gasteiger partial charge in [0.2, 0.25) is 0 Å². The molecule has 0 radical (unpaired) electrons. The highest BCUT2D eigenvalue weighted by molar-refractivity contribution is 7.13. The van der Waals surface area contributed by atoms with Gasteiger partial charge in [0.15, 0.2) is 5.78 Å². The maximum absolute atomic E-state index is 13.8. The minimum atomic E-state index is -0.00841. The van der Waals surface area contributed by atoms with Crippen LogP contribution < -0.4 is 0 Å². The topological polar surface area (TPSA) is 35.5 Å². The maximum Gasteiger partial charge on any atom is 0.193 e. The van der Waals surface area contributed by atoms with Crippen molar-refractivity contribution in [3.05, 3.63) is 93.7 Å². The van der Waals surface area contributed by atoms with Crippen LogP contribution in [0.25, 0.3) is 20.9 Å². The summed E-state index contributed by atoms with van der Waals surface area (Å²) < 4.78 is 11.0. The lowest BCUT2D eigenvalue weighted by atomic mass is 9.90. The fraction of sp³-hybridized carbons (Fsp3) is 0.160. The van der Waals surface area contributed by atoms with Crippen LogP contribution in [-0.4, -0.2) is 20.0 Å². The van der Waals surface area contributed by atoms with Crippen LogP contribution in [0, 0.1) is 0 Å². The average Bonchev–Trinajstić information content (AvgIpc) is 3.48. The predicted octanol–water partition coefficient (Wildman–Crippen LogP) is 6.67. The van der Waals surface area contributed by atoms with E-state index in [1.807, 2.05) is 47.2 Å². The second kappa shape index (κ2) is 9.49. The molecule has 0 saturated heterocycles. The monoisotopic (exact) mass is 434 g/mol. The molecule has 0 aliphatic rings. The molecule has 5 heteroatoms. The van der Waals surface area contributed by atoms with Crippen molar-refractivity contribution >= 4 is 28.5 Å². The van der Waals surface area contributed by atoms with Crippen LogP contribution in [0.2, 0.25) is 0 Å². The van der Waals surface area contributed by atoms with Gasteiger partial charge in [0.1, 0.15) is 0 Å². The molecule has 0 unspecified atom stereocenters. The lowest BCUT2D eigenvalue weighted by Gasteiger charge is -2.16. The molecule has 0 atom stereocenters. The van der Waals surface area contributed by atoms with Crippen molar-refractivity contribution in [1.82, 2.24) is 0 Å². The number of hydrogen-bond donors (Lipinski definition) is 0. The molecule has 0 spiro atoms. The molecule has 2 aromatic carbocycles. The molecule has 2 aromatic heterocycles. The minimum absolute atomic E-state index is 0.00841. The summed E-state index contributed by atoms with van der Waals surface area (Å²) in [5, 5.41) is 4.09. The SMILES string of the molecule is COCc1c(C(=O)c2cccc(-c3cccs3)c2COC)cccc1-c1cccs1. The molecular weight excluding hydrogens is 412 g/mol. The van der Waals surface area contributed by atoms with Crippen LogP contribution in [0.3, 0.4) is 0 Å². The van der Waals surface area contributed by atoms with Crippen molar-refractivity contribution in [2.45, 2.75) is 13.2 Å². The molecule has 0 amide bonds. The summed E-state index contributed by atoms with van der Waals surface area (Å²) >= 11 is 3.32. The van der Waals surface area contributed by atoms with Crippen molar-refractivity contribution in [1.29, 1.82) is 0 Å². The molecule has 0 bridgehead atoms. The van der Waals surface area contributed by atoms with Crippen molar-refractivity contribution < 1.29 is 14.3 Å². The van der Waals surface area contributed by atoms with Gasteiger partial charge >= 0.3 is 0 Å². The summed E-state index contributed by atoms with van der Waals surface area (Å²) in [5.41, 5.74) is 5.25. The van der Waals surface area contributed by atoms with Gasteiger partial charge in [-0.2, -0.15) is 0 Å². The van der Waals surface area contributed by atoms with E-state index in [0.717, 1.165) is 32.0 Å². The van der Waals surface area contributed by atoms with Crippen LogP contribution >= 0.6 is 22.7 Å². The summed E-state index contributed by atoms with van der Waals surface area (Å²) in [6, 6.07) is 20.0. The molecule has 0 saturated carbocycles. The quantitative estimate of drug-likeness (QED) is 0.291. The summed E-state index contributed by atoms with van der Waals surface area (Å²) in [5.74, 6) is -0.00841. The Balaban J connectivity index is 1.86. The largest absolute Gasteiger partial charge is 0.380 e. The van der Waals surface area contributed by atoms with Crippen molar-refractivity contribution in [2.24, 2.45) is 0 Å². The van der Waals surface area contributed by atoms with Gasteiger partial charge in [-0.1, -0.05) is 48.5 Å². The molecule has 152 valence electrons. The number of carbonyl (C=O) groups excluding carboxylic acids is 1. The third-order valence-corrected chi connectivity index (χ3v) is 6.80. The lowest BCUT2D eigenvalue weighted by molar-refractivity contribution is 0.102. The molecule has 4 aromatic rings. The van der Waals surface area contributed by atoms with Crippen LogP contribution in [0.15, 0.2) is 71.4 Å². The van der Waals surface area contributed by atoms with Crippen LogP contribution in [0.4, 0.5) is 0 Å². The maximum atomic E-state index is 13.8. The van der Waals surface area contributed by atoms with E-state index < -0.39 is 0 Å². The number of ketones is 1. The Labute approximate surface area is 184 Å². The minimum Gasteiger partial charge on any atom is -0.380 e. The zero-order chi connectivity index (χ0) is 20.9. The van der Waals surface area contributed by atoms with Gasteiger partial charge in [0, 0.05) is 35.1 Å². The first-order valence-electron chi connectivity index (χ1n) is 9.58. The highest BCUT2D eigenvalue weighted by Gasteiger charge is 2.22. The molecule has 3 nitrogen and oxygen atoms in total. The number of ether oxygens (including phenoxy) is 2. The molecule has 0 aliphatic heterocycles. The average molecular weight is 435 g/mol. The summed E-state index contributed by atoms with van der Waals surface area (Å²) in [7, 11) is 3.32. The second-order valence-electron chi connectivity index (χ2n) is 6.81. The summed E-state index contributed by atoms with van der Waals surface area (Å²) in [6.07, 6.45) is 0. The Morgan fingerprint density at radius 3 is 1.53 bits per heavy atom. The second-order valence-corrected chi connectivity index (χ2v) is 8.71. The molecule has 0 aliphatic carbocycles. The summed E-state index contributed by atoms with van der Waals surface area (Å²) in [6.45, 7) is 0.749. The van der Waals surface area contributed by atoms with Crippen LogP contribution in [-0.2, 0) is 22.7 Å². The number of rotatable bonds is 8. The molecule has 0 fully saturated rings. The van der Waals surface area contributed by atoms with Crippen LogP contribution in [0.5, 0.6) is 0 Å². The molecular formula is C25H22O3S2. The molecule has 4 rings (SSSR count). The summed E-state index contributed by atoms with van der Waals surface area (Å²) in [4.78, 5) is 16.0. The Morgan fingerprint density at radius 1 is 0.700 bits per heavy atom. The Morgan fingerprint density at radius 2 is 1.17 bits per heavy atom. The van der Waals surface area contributed by atoms with E-state index in [2.05, 4.69) is 24.3 Å². The van der Waals surface area contributed by atoms with Crippen molar-refractivity contribution in [2.75, 3.05) is 14.2 Å². The van der Waals surface area contributed by atoms with Gasteiger partial charge in [-0.25, -0.2) is 0 Å². The van der Waals surface area contributed by atoms with E-state index in [4.69, 9.17) is 9.47 Å². The van der Waals surface area contributed by atoms with E-state index in [9.17, 15) is 4.79 Å². The first-order chi connectivity index (χ1) is 14.7. The standard InChI is InChI=1S/C25H22O3S2/c1-27-15-21-17(23-11-5-13-29-23)7-3-9-19(21)25(26)20-10-4-8-18(22(20)16-28-2)24-12-6-14-30-24/h3-14H,15-16H2,1-2H3. The number of benzene rings is 2. The van der Waals surface area contributed by atoms with E-state index in [0.29, 0.717) is 24.3 Å². The van der Waals surface area contributed by atoms with Gasteiger partial charge in [-0.05, 0) is 45.1 Å². The van der Waals surface area contributed by atoms with Gasteiger partial charge < -0.3 is 9.47 Å². The molecule has 0 N–H and O–H groups in total. The number of hydrogen-bond acceptors (Lipinski definition) is 5. The Hall–Kier alpha value is -2.57. The lowest BCUT2D eigenvalue weighted by Crippen LogP contribution is -2.11. The van der Waals surface area contributed by atoms with Gasteiger partial charge in [-0.15, -0.1) is 22.7 Å². The van der Waals surface area contributed by atoms with Crippen LogP contribution in [0.1, 0.15) is 27.0 Å². The highest BCUT2D eigenvalue weighted by Crippen LogP contribution is 2.34. The normalized spacial score (nSPS) is 11.0.